The number of amides is 2. The molecule has 3 heterocycles. The molecule has 2 amide bonds. The van der Waals surface area contributed by atoms with Crippen LogP contribution in [0.1, 0.15) is 18.5 Å². The third-order valence-corrected chi connectivity index (χ3v) is 4.32. The summed E-state index contributed by atoms with van der Waals surface area (Å²) in [6.45, 7) is 2.28. The van der Waals surface area contributed by atoms with Crippen LogP contribution >= 0.6 is 11.3 Å². The van der Waals surface area contributed by atoms with Gasteiger partial charge in [-0.25, -0.2) is 9.78 Å². The first-order chi connectivity index (χ1) is 10.2. The van der Waals surface area contributed by atoms with Crippen LogP contribution in [0.25, 0.3) is 0 Å². The van der Waals surface area contributed by atoms with Gasteiger partial charge in [0.25, 0.3) is 0 Å². The highest BCUT2D eigenvalue weighted by molar-refractivity contribution is 7.14. The fourth-order valence-electron chi connectivity index (χ4n) is 2.32. The van der Waals surface area contributed by atoms with E-state index in [1.807, 2.05) is 0 Å². The van der Waals surface area contributed by atoms with E-state index in [0.29, 0.717) is 30.5 Å². The van der Waals surface area contributed by atoms with Crippen molar-refractivity contribution in [3.63, 3.8) is 0 Å². The lowest BCUT2D eigenvalue weighted by atomic mass is 10.2. The molecular formula is C13H17N3O4S. The lowest BCUT2D eigenvalue weighted by Crippen LogP contribution is -2.27. The topological polar surface area (TPSA) is 80.8 Å². The molecule has 1 unspecified atom stereocenters. The standard InChI is InChI=1S/C13H17N3O4S/c17-11(20-7-10-2-1-5-19-10)6-9-8-21-13(15-9)16-4-3-14-12(16)18/h8,10H,1-7H2,(H,14,18). The minimum Gasteiger partial charge on any atom is -0.463 e. The zero-order valence-electron chi connectivity index (χ0n) is 11.5. The van der Waals surface area contributed by atoms with Gasteiger partial charge in [0.1, 0.15) is 6.61 Å². The lowest BCUT2D eigenvalue weighted by Gasteiger charge is -2.10. The first-order valence-corrected chi connectivity index (χ1v) is 7.87. The van der Waals surface area contributed by atoms with Crippen molar-refractivity contribution in [1.82, 2.24) is 10.3 Å². The number of ether oxygens (including phenoxy) is 2. The Bertz CT molecular complexity index is 527. The predicted molar refractivity (Wildman–Crippen MR) is 76.5 cm³/mol. The number of anilines is 1. The Morgan fingerprint density at radius 3 is 3.24 bits per heavy atom. The van der Waals surface area contributed by atoms with Crippen molar-refractivity contribution < 1.29 is 19.1 Å². The van der Waals surface area contributed by atoms with Gasteiger partial charge in [-0.1, -0.05) is 0 Å². The number of nitrogens with one attached hydrogen (secondary N) is 1. The number of hydrogen-bond donors (Lipinski definition) is 1. The van der Waals surface area contributed by atoms with Gasteiger partial charge >= 0.3 is 12.0 Å². The van der Waals surface area contributed by atoms with E-state index in [-0.39, 0.29) is 24.5 Å². The molecule has 1 atom stereocenters. The van der Waals surface area contributed by atoms with E-state index in [1.54, 1.807) is 10.3 Å². The fourth-order valence-corrected chi connectivity index (χ4v) is 3.17. The summed E-state index contributed by atoms with van der Waals surface area (Å²) in [7, 11) is 0. The predicted octanol–water partition coefficient (Wildman–Crippen LogP) is 0.937. The zero-order chi connectivity index (χ0) is 14.7. The van der Waals surface area contributed by atoms with Gasteiger partial charge in [0.2, 0.25) is 0 Å². The SMILES string of the molecule is O=C(Cc1csc(N2CCNC2=O)n1)OCC1CCCO1. The quantitative estimate of drug-likeness (QED) is 0.819. The monoisotopic (exact) mass is 311 g/mol. The van der Waals surface area contributed by atoms with Crippen LogP contribution in [0.15, 0.2) is 5.38 Å². The normalized spacial score (nSPS) is 21.6. The van der Waals surface area contributed by atoms with Crippen LogP contribution in [0.3, 0.4) is 0 Å². The van der Waals surface area contributed by atoms with Crippen molar-refractivity contribution in [3.8, 4) is 0 Å². The van der Waals surface area contributed by atoms with Crippen LogP contribution in [-0.2, 0) is 20.7 Å². The molecule has 1 aromatic heterocycles. The zero-order valence-corrected chi connectivity index (χ0v) is 12.4. The summed E-state index contributed by atoms with van der Waals surface area (Å²) in [6.07, 6.45) is 2.13. The van der Waals surface area contributed by atoms with Crippen LogP contribution in [0.2, 0.25) is 0 Å². The van der Waals surface area contributed by atoms with E-state index in [0.717, 1.165) is 19.4 Å². The molecule has 114 valence electrons. The van der Waals surface area contributed by atoms with Gasteiger partial charge in [0.15, 0.2) is 5.13 Å². The third-order valence-electron chi connectivity index (χ3n) is 3.41. The molecule has 1 N–H and O–H groups in total. The maximum Gasteiger partial charge on any atom is 0.323 e. The summed E-state index contributed by atoms with van der Waals surface area (Å²) >= 11 is 1.36. The molecule has 2 aliphatic rings. The number of nitrogens with zero attached hydrogens (tertiary/aromatic N) is 2. The Morgan fingerprint density at radius 1 is 1.62 bits per heavy atom. The minimum absolute atomic E-state index is 0.0354. The van der Waals surface area contributed by atoms with E-state index in [1.165, 1.54) is 11.3 Å². The largest absolute Gasteiger partial charge is 0.463 e. The number of carbonyl (C=O) groups excluding carboxylic acids is 2. The van der Waals surface area contributed by atoms with E-state index >= 15 is 0 Å². The van der Waals surface area contributed by atoms with Crippen molar-refractivity contribution >= 4 is 28.5 Å². The molecule has 1 aromatic rings. The van der Waals surface area contributed by atoms with Gasteiger partial charge in [-0.2, -0.15) is 0 Å². The molecule has 0 spiro atoms. The first-order valence-electron chi connectivity index (χ1n) is 6.99. The molecular weight excluding hydrogens is 294 g/mol. The van der Waals surface area contributed by atoms with E-state index in [2.05, 4.69) is 10.3 Å². The molecule has 2 aliphatic heterocycles. The maximum atomic E-state index is 11.8. The number of carbonyl (C=O) groups is 2. The molecule has 2 saturated heterocycles. The first kappa shape index (κ1) is 14.3. The van der Waals surface area contributed by atoms with Crippen molar-refractivity contribution in [2.24, 2.45) is 0 Å². The Labute approximate surface area is 126 Å². The summed E-state index contributed by atoms with van der Waals surface area (Å²) in [5.41, 5.74) is 0.632. The van der Waals surface area contributed by atoms with Crippen LogP contribution in [0.4, 0.5) is 9.93 Å². The second-order valence-electron chi connectivity index (χ2n) is 5.00. The second kappa shape index (κ2) is 6.40. The highest BCUT2D eigenvalue weighted by Gasteiger charge is 2.24. The minimum atomic E-state index is -0.312. The smallest absolute Gasteiger partial charge is 0.323 e. The molecule has 0 radical (unpaired) electrons. The number of rotatable bonds is 5. The molecule has 2 fully saturated rings. The van der Waals surface area contributed by atoms with Crippen LogP contribution in [-0.4, -0.2) is 49.4 Å². The number of esters is 1. The summed E-state index contributed by atoms with van der Waals surface area (Å²) in [4.78, 5) is 29.2. The Morgan fingerprint density at radius 2 is 2.52 bits per heavy atom. The van der Waals surface area contributed by atoms with Crippen molar-refractivity contribution in [2.75, 3.05) is 31.2 Å². The Kier molecular flexibility index (Phi) is 4.35. The van der Waals surface area contributed by atoms with Crippen LogP contribution in [0.5, 0.6) is 0 Å². The van der Waals surface area contributed by atoms with Crippen LogP contribution in [0, 0.1) is 0 Å². The Hall–Kier alpha value is -1.67. The lowest BCUT2D eigenvalue weighted by molar-refractivity contribution is -0.146. The average Bonchev–Trinajstić information content (AvgIpc) is 3.17. The maximum absolute atomic E-state index is 11.8. The molecule has 3 rings (SSSR count). The second-order valence-corrected chi connectivity index (χ2v) is 5.84. The summed E-state index contributed by atoms with van der Waals surface area (Å²) in [6, 6.07) is -0.142. The molecule has 0 aliphatic carbocycles. The highest BCUT2D eigenvalue weighted by Crippen LogP contribution is 2.22. The van der Waals surface area contributed by atoms with Gasteiger partial charge in [0.05, 0.1) is 18.2 Å². The van der Waals surface area contributed by atoms with Gasteiger partial charge in [0, 0.05) is 25.1 Å². The molecule has 0 aromatic carbocycles. The van der Waals surface area contributed by atoms with E-state index < -0.39 is 0 Å². The highest BCUT2D eigenvalue weighted by atomic mass is 32.1. The van der Waals surface area contributed by atoms with Crippen molar-refractivity contribution in [3.05, 3.63) is 11.1 Å². The molecule has 8 heteroatoms. The Balaban J connectivity index is 1.49. The number of aromatic nitrogens is 1. The number of urea groups is 1. The molecule has 0 bridgehead atoms. The summed E-state index contributed by atoms with van der Waals surface area (Å²) < 4.78 is 10.6. The van der Waals surface area contributed by atoms with Gasteiger partial charge < -0.3 is 14.8 Å². The fraction of sp³-hybridized carbons (Fsp3) is 0.615. The summed E-state index contributed by atoms with van der Waals surface area (Å²) in [5, 5.41) is 5.12. The molecule has 7 nitrogen and oxygen atoms in total. The molecule has 0 saturated carbocycles. The van der Waals surface area contributed by atoms with Gasteiger partial charge in [-0.3, -0.25) is 9.69 Å². The van der Waals surface area contributed by atoms with Gasteiger partial charge in [-0.15, -0.1) is 11.3 Å². The number of hydrogen-bond acceptors (Lipinski definition) is 6. The average molecular weight is 311 g/mol. The van der Waals surface area contributed by atoms with E-state index in [9.17, 15) is 9.59 Å². The summed E-state index contributed by atoms with van der Waals surface area (Å²) in [5.74, 6) is -0.312. The number of thiazole rings is 1. The van der Waals surface area contributed by atoms with E-state index in [4.69, 9.17) is 9.47 Å². The van der Waals surface area contributed by atoms with Crippen molar-refractivity contribution in [1.29, 1.82) is 0 Å². The third kappa shape index (κ3) is 3.51. The van der Waals surface area contributed by atoms with Gasteiger partial charge in [-0.05, 0) is 12.8 Å². The van der Waals surface area contributed by atoms with Crippen molar-refractivity contribution in [2.45, 2.75) is 25.4 Å². The molecule has 21 heavy (non-hydrogen) atoms. The van der Waals surface area contributed by atoms with Crippen LogP contribution < -0.4 is 10.2 Å².